The SMILES string of the molecule is Cc1ccn(-c2ccccc2)c2nc3ccccc3c1-2. The molecule has 96 valence electrons. The van der Waals surface area contributed by atoms with Gasteiger partial charge in [-0.15, -0.1) is 0 Å². The summed E-state index contributed by atoms with van der Waals surface area (Å²) in [6.07, 6.45) is 2.10. The molecule has 20 heavy (non-hydrogen) atoms. The van der Waals surface area contributed by atoms with E-state index in [1.165, 1.54) is 16.5 Å². The van der Waals surface area contributed by atoms with E-state index in [-0.39, 0.29) is 0 Å². The molecule has 0 atom stereocenters. The number of nitrogens with zero attached hydrogens (tertiary/aromatic N) is 2. The molecule has 4 rings (SSSR count). The highest BCUT2D eigenvalue weighted by atomic mass is 15.0. The second-order valence-electron chi connectivity index (χ2n) is 5.03. The Balaban J connectivity index is 2.10. The normalized spacial score (nSPS) is 11.2. The van der Waals surface area contributed by atoms with Crippen LogP contribution in [0.25, 0.3) is 28.0 Å². The first-order valence-corrected chi connectivity index (χ1v) is 6.76. The summed E-state index contributed by atoms with van der Waals surface area (Å²) in [5.41, 5.74) is 4.70. The van der Waals surface area contributed by atoms with Crippen LogP contribution in [-0.2, 0) is 0 Å². The van der Waals surface area contributed by atoms with Crippen LogP contribution >= 0.6 is 0 Å². The zero-order valence-electron chi connectivity index (χ0n) is 11.2. The summed E-state index contributed by atoms with van der Waals surface area (Å²) in [5.74, 6) is 1.03. The van der Waals surface area contributed by atoms with Crippen molar-refractivity contribution in [2.75, 3.05) is 0 Å². The summed E-state index contributed by atoms with van der Waals surface area (Å²) in [6.45, 7) is 2.14. The van der Waals surface area contributed by atoms with Gasteiger partial charge in [0.25, 0.3) is 0 Å². The highest BCUT2D eigenvalue weighted by Gasteiger charge is 2.17. The molecule has 0 aromatic heterocycles. The summed E-state index contributed by atoms with van der Waals surface area (Å²) in [7, 11) is 0. The molecule has 2 nitrogen and oxygen atoms in total. The van der Waals surface area contributed by atoms with E-state index in [4.69, 9.17) is 4.98 Å². The lowest BCUT2D eigenvalue weighted by Gasteiger charge is -2.13. The number of rotatable bonds is 1. The van der Waals surface area contributed by atoms with Crippen molar-refractivity contribution in [1.29, 1.82) is 0 Å². The van der Waals surface area contributed by atoms with Gasteiger partial charge in [0.2, 0.25) is 0 Å². The van der Waals surface area contributed by atoms with Crippen LogP contribution in [0.15, 0.2) is 66.9 Å². The van der Waals surface area contributed by atoms with E-state index < -0.39 is 0 Å². The van der Waals surface area contributed by atoms with E-state index in [2.05, 4.69) is 66.2 Å². The van der Waals surface area contributed by atoms with E-state index in [1.807, 2.05) is 12.1 Å². The number of hydrogen-bond acceptors (Lipinski definition) is 1. The lowest BCUT2D eigenvalue weighted by molar-refractivity contribution is 1.02. The van der Waals surface area contributed by atoms with Gasteiger partial charge in [0, 0.05) is 22.8 Å². The second kappa shape index (κ2) is 4.20. The Kier molecular flexibility index (Phi) is 2.36. The van der Waals surface area contributed by atoms with Gasteiger partial charge in [0.15, 0.2) is 0 Å². The van der Waals surface area contributed by atoms with Crippen molar-refractivity contribution in [1.82, 2.24) is 9.55 Å². The van der Waals surface area contributed by atoms with E-state index in [0.717, 1.165) is 17.0 Å². The average Bonchev–Trinajstić information content (AvgIpc) is 2.88. The Labute approximate surface area is 117 Å². The van der Waals surface area contributed by atoms with Gasteiger partial charge in [0.1, 0.15) is 5.82 Å². The van der Waals surface area contributed by atoms with Crippen LogP contribution in [-0.4, -0.2) is 9.55 Å². The molecule has 0 bridgehead atoms. The van der Waals surface area contributed by atoms with Gasteiger partial charge in [-0.05, 0) is 36.8 Å². The lowest BCUT2D eigenvalue weighted by atomic mass is 10.1. The summed E-state index contributed by atoms with van der Waals surface area (Å²) < 4.78 is 2.16. The quantitative estimate of drug-likeness (QED) is 0.493. The minimum absolute atomic E-state index is 1.03. The average molecular weight is 258 g/mol. The first-order valence-electron chi connectivity index (χ1n) is 6.76. The number of pyridine rings is 1. The Morgan fingerprint density at radius 1 is 0.850 bits per heavy atom. The fourth-order valence-electron chi connectivity index (χ4n) is 2.77. The third-order valence-corrected chi connectivity index (χ3v) is 3.75. The number of aryl methyl sites for hydroxylation is 1. The molecule has 0 spiro atoms. The minimum atomic E-state index is 1.03. The molecule has 0 unspecified atom stereocenters. The van der Waals surface area contributed by atoms with Gasteiger partial charge in [-0.1, -0.05) is 36.4 Å². The summed E-state index contributed by atoms with van der Waals surface area (Å²) in [4.78, 5) is 4.82. The molecule has 2 heteroatoms. The fourth-order valence-corrected chi connectivity index (χ4v) is 2.77. The monoisotopic (exact) mass is 258 g/mol. The van der Waals surface area contributed by atoms with E-state index >= 15 is 0 Å². The Morgan fingerprint density at radius 3 is 2.45 bits per heavy atom. The Morgan fingerprint density at radius 2 is 1.60 bits per heavy atom. The topological polar surface area (TPSA) is 17.8 Å². The highest BCUT2D eigenvalue weighted by molar-refractivity contribution is 5.98. The first kappa shape index (κ1) is 11.2. The van der Waals surface area contributed by atoms with E-state index in [9.17, 15) is 0 Å². The van der Waals surface area contributed by atoms with Crippen molar-refractivity contribution in [3.63, 3.8) is 0 Å². The third-order valence-electron chi connectivity index (χ3n) is 3.75. The molecule has 2 aromatic rings. The Bertz CT molecular complexity index is 859. The van der Waals surface area contributed by atoms with Crippen LogP contribution in [0.1, 0.15) is 5.56 Å². The predicted octanol–water partition coefficient (Wildman–Crippen LogP) is 4.44. The molecule has 2 aromatic carbocycles. The predicted molar refractivity (Wildman–Crippen MR) is 82.4 cm³/mol. The molecule has 0 aliphatic carbocycles. The minimum Gasteiger partial charge on any atom is -0.301 e. The van der Waals surface area contributed by atoms with Gasteiger partial charge < -0.3 is 4.57 Å². The summed E-state index contributed by atoms with van der Waals surface area (Å²) in [6, 6.07) is 20.8. The van der Waals surface area contributed by atoms with Crippen LogP contribution in [0, 0.1) is 6.92 Å². The van der Waals surface area contributed by atoms with Crippen molar-refractivity contribution >= 4 is 10.9 Å². The van der Waals surface area contributed by atoms with Gasteiger partial charge >= 0.3 is 0 Å². The zero-order chi connectivity index (χ0) is 13.5. The molecule has 0 saturated heterocycles. The molecule has 2 heterocycles. The van der Waals surface area contributed by atoms with Crippen molar-refractivity contribution in [3.8, 4) is 17.1 Å². The summed E-state index contributed by atoms with van der Waals surface area (Å²) >= 11 is 0. The van der Waals surface area contributed by atoms with Crippen molar-refractivity contribution in [2.45, 2.75) is 6.92 Å². The van der Waals surface area contributed by atoms with Crippen LogP contribution < -0.4 is 0 Å². The molecule has 2 aliphatic heterocycles. The zero-order valence-corrected chi connectivity index (χ0v) is 11.2. The largest absolute Gasteiger partial charge is 0.301 e. The van der Waals surface area contributed by atoms with Crippen molar-refractivity contribution in [2.24, 2.45) is 0 Å². The number of benzene rings is 2. The first-order chi connectivity index (χ1) is 9.84. The molecule has 0 amide bonds. The van der Waals surface area contributed by atoms with Crippen LogP contribution in [0.4, 0.5) is 0 Å². The number of para-hydroxylation sites is 2. The molecule has 0 saturated carbocycles. The maximum absolute atomic E-state index is 4.82. The van der Waals surface area contributed by atoms with Gasteiger partial charge in [0.05, 0.1) is 5.52 Å². The number of hydrogen-bond donors (Lipinski definition) is 0. The fraction of sp³-hybridized carbons (Fsp3) is 0.0556. The molecule has 0 fully saturated rings. The lowest BCUT2D eigenvalue weighted by Crippen LogP contribution is -2.01. The molecular formula is C18H14N2. The third kappa shape index (κ3) is 1.55. The highest BCUT2D eigenvalue weighted by Crippen LogP contribution is 2.34. The van der Waals surface area contributed by atoms with E-state index in [0.29, 0.717) is 0 Å². The molecule has 0 radical (unpaired) electrons. The van der Waals surface area contributed by atoms with Crippen molar-refractivity contribution < 1.29 is 0 Å². The maximum atomic E-state index is 4.82. The van der Waals surface area contributed by atoms with Gasteiger partial charge in [-0.25, -0.2) is 4.98 Å². The molecule has 0 N–H and O–H groups in total. The maximum Gasteiger partial charge on any atom is 0.146 e. The van der Waals surface area contributed by atoms with Crippen LogP contribution in [0.3, 0.4) is 0 Å². The standard InChI is InChI=1S/C18H14N2/c1-13-11-12-20(14-7-3-2-4-8-14)18-17(13)15-9-5-6-10-16(15)19-18/h2-12H,1H3. The molecular weight excluding hydrogens is 244 g/mol. The number of aromatic nitrogens is 2. The smallest absolute Gasteiger partial charge is 0.146 e. The number of fused-ring (bicyclic) bond motifs is 3. The van der Waals surface area contributed by atoms with Crippen LogP contribution in [0.2, 0.25) is 0 Å². The van der Waals surface area contributed by atoms with Gasteiger partial charge in [-0.3, -0.25) is 0 Å². The van der Waals surface area contributed by atoms with Crippen LogP contribution in [0.5, 0.6) is 0 Å². The van der Waals surface area contributed by atoms with E-state index in [1.54, 1.807) is 0 Å². The van der Waals surface area contributed by atoms with Crippen molar-refractivity contribution in [3.05, 3.63) is 72.4 Å². The second-order valence-corrected chi connectivity index (χ2v) is 5.03. The Hall–Kier alpha value is -2.61. The molecule has 2 aliphatic rings. The summed E-state index contributed by atoms with van der Waals surface area (Å²) in [5, 5.41) is 1.23. The van der Waals surface area contributed by atoms with Gasteiger partial charge in [-0.2, -0.15) is 0 Å².